The molecule has 1 aromatic heterocycles. The lowest BCUT2D eigenvalue weighted by atomic mass is 9.56. The number of aromatic nitrogens is 3. The average Bonchev–Trinajstić information content (AvgIpc) is 3.59. The minimum Gasteiger partial charge on any atom is -0.457 e. The van der Waals surface area contributed by atoms with Gasteiger partial charge in [-0.15, -0.1) is 0 Å². The largest absolute Gasteiger partial charge is 0.457 e. The maximum atomic E-state index is 6.57. The highest BCUT2D eigenvalue weighted by atomic mass is 16.5. The van der Waals surface area contributed by atoms with E-state index in [1.807, 2.05) is 0 Å². The molecule has 2 fully saturated rings. The predicted molar refractivity (Wildman–Crippen MR) is 246 cm³/mol. The van der Waals surface area contributed by atoms with Gasteiger partial charge in [-0.2, -0.15) is 0 Å². The molecule has 1 aliphatic heterocycles. The van der Waals surface area contributed by atoms with Crippen LogP contribution in [0.25, 0.3) is 56.2 Å². The molecule has 1 spiro atoms. The molecule has 2 unspecified atom stereocenters. The van der Waals surface area contributed by atoms with E-state index in [0.29, 0.717) is 11.8 Å². The maximum absolute atomic E-state index is 6.57. The zero-order valence-corrected chi connectivity index (χ0v) is 34.7. The van der Waals surface area contributed by atoms with E-state index in [-0.39, 0.29) is 5.41 Å². The SMILES string of the molecule is CC1C[C@H]2C[C@H](C)CC(c3nc(-c4ccc(-c5ccccc5)cc4)nc(-c4cccc(-c5ccc6c(c5)-c5ccccc5C65c6ccccc6Oc6ccccc65)c4)n3)(C1)C2. The van der Waals surface area contributed by atoms with E-state index in [1.165, 1.54) is 57.3 Å². The number of ether oxygens (including phenoxy) is 1. The van der Waals surface area contributed by atoms with Gasteiger partial charge >= 0.3 is 0 Å². The Balaban J connectivity index is 0.989. The number of fused-ring (bicyclic) bond motifs is 11. The van der Waals surface area contributed by atoms with Crippen LogP contribution in [0.3, 0.4) is 0 Å². The van der Waals surface area contributed by atoms with Gasteiger partial charge in [-0.05, 0) is 119 Å². The molecule has 4 atom stereocenters. The number of hydrogen-bond donors (Lipinski definition) is 0. The summed E-state index contributed by atoms with van der Waals surface area (Å²) in [6.45, 7) is 4.87. The minimum atomic E-state index is -0.486. The summed E-state index contributed by atoms with van der Waals surface area (Å²) in [4.78, 5) is 16.2. The van der Waals surface area contributed by atoms with Crippen molar-refractivity contribution in [1.29, 1.82) is 0 Å². The number of para-hydroxylation sites is 2. The normalized spacial score (nSPS) is 21.4. The summed E-state index contributed by atoms with van der Waals surface area (Å²) in [6, 6.07) is 61.2. The summed E-state index contributed by atoms with van der Waals surface area (Å²) in [5.74, 6) is 6.31. The average molecular weight is 790 g/mol. The van der Waals surface area contributed by atoms with Gasteiger partial charge in [0.25, 0.3) is 0 Å². The van der Waals surface area contributed by atoms with Gasteiger partial charge in [-0.1, -0.05) is 159 Å². The van der Waals surface area contributed by atoms with Gasteiger partial charge in [0.1, 0.15) is 17.3 Å². The van der Waals surface area contributed by atoms with Crippen molar-refractivity contribution in [3.8, 4) is 67.7 Å². The fraction of sp³-hybridized carbons (Fsp3) is 0.211. The van der Waals surface area contributed by atoms with Crippen molar-refractivity contribution in [3.05, 3.63) is 198 Å². The van der Waals surface area contributed by atoms with Crippen molar-refractivity contribution < 1.29 is 4.74 Å². The van der Waals surface area contributed by atoms with Crippen LogP contribution in [0.2, 0.25) is 0 Å². The van der Waals surface area contributed by atoms with E-state index in [4.69, 9.17) is 19.7 Å². The third-order valence-corrected chi connectivity index (χ3v) is 14.3. The molecular weight excluding hydrogens is 743 g/mol. The zero-order valence-electron chi connectivity index (χ0n) is 34.7. The molecule has 7 aromatic carbocycles. The van der Waals surface area contributed by atoms with E-state index in [1.54, 1.807) is 0 Å². The van der Waals surface area contributed by atoms with Crippen LogP contribution in [0.5, 0.6) is 11.5 Å². The second-order valence-electron chi connectivity index (χ2n) is 18.4. The molecule has 0 N–H and O–H groups in total. The third-order valence-electron chi connectivity index (χ3n) is 14.3. The summed E-state index contributed by atoms with van der Waals surface area (Å²) in [7, 11) is 0. The van der Waals surface area contributed by atoms with Crippen molar-refractivity contribution in [1.82, 2.24) is 15.0 Å². The van der Waals surface area contributed by atoms with Crippen LogP contribution in [0.1, 0.15) is 74.0 Å². The number of nitrogens with zero attached hydrogens (tertiary/aromatic N) is 3. The first-order chi connectivity index (χ1) is 29.9. The zero-order chi connectivity index (χ0) is 40.7. The lowest BCUT2D eigenvalue weighted by Gasteiger charge is -2.49. The monoisotopic (exact) mass is 789 g/mol. The molecular formula is C57H47N3O. The van der Waals surface area contributed by atoms with Crippen molar-refractivity contribution in [2.24, 2.45) is 17.8 Å². The van der Waals surface area contributed by atoms with Crippen molar-refractivity contribution in [2.45, 2.75) is 56.8 Å². The Morgan fingerprint density at radius 2 is 0.951 bits per heavy atom. The predicted octanol–water partition coefficient (Wildman–Crippen LogP) is 14.1. The lowest BCUT2D eigenvalue weighted by Crippen LogP contribution is -2.43. The van der Waals surface area contributed by atoms with Crippen LogP contribution >= 0.6 is 0 Å². The second kappa shape index (κ2) is 14.0. The number of benzene rings is 7. The molecule has 2 saturated carbocycles. The van der Waals surface area contributed by atoms with Crippen LogP contribution in [0.4, 0.5) is 0 Å². The molecule has 296 valence electrons. The third kappa shape index (κ3) is 5.75. The Bertz CT molecular complexity index is 2920. The molecule has 3 aliphatic carbocycles. The van der Waals surface area contributed by atoms with Crippen LogP contribution in [0.15, 0.2) is 170 Å². The molecule has 0 saturated heterocycles. The highest BCUT2D eigenvalue weighted by Gasteiger charge is 2.51. The van der Waals surface area contributed by atoms with Gasteiger partial charge < -0.3 is 4.74 Å². The van der Waals surface area contributed by atoms with E-state index in [0.717, 1.165) is 76.4 Å². The minimum absolute atomic E-state index is 0.0429. The first-order valence-corrected chi connectivity index (χ1v) is 22.1. The van der Waals surface area contributed by atoms with E-state index < -0.39 is 5.41 Å². The molecule has 4 heteroatoms. The summed E-state index contributed by atoms with van der Waals surface area (Å²) < 4.78 is 6.57. The molecule has 0 radical (unpaired) electrons. The van der Waals surface area contributed by atoms with Crippen molar-refractivity contribution >= 4 is 0 Å². The fourth-order valence-electron chi connectivity index (χ4n) is 12.2. The standard InChI is InChI=1S/C57H47N3O/c1-36-29-38-30-37(2)34-56(33-36,35-38)55-59-53(41-25-23-40(24-26-41)39-13-4-3-5-14-39)58-54(60-55)44-16-12-15-42(31-44)43-27-28-48-46(32-43)45-17-6-7-18-47(45)57(48)49-19-8-10-21-51(49)61-52-22-11-9-20-50(52)57/h3-28,31-32,36-38H,29-30,33-35H2,1-2H3/t36-,37?,38+,56?/m0/s1. The summed E-state index contributed by atoms with van der Waals surface area (Å²) in [5.41, 5.74) is 13.6. The van der Waals surface area contributed by atoms with Crippen LogP contribution in [-0.4, -0.2) is 15.0 Å². The molecule has 61 heavy (non-hydrogen) atoms. The molecule has 8 aromatic rings. The highest BCUT2D eigenvalue weighted by molar-refractivity contribution is 5.91. The van der Waals surface area contributed by atoms with Crippen molar-refractivity contribution in [3.63, 3.8) is 0 Å². The highest BCUT2D eigenvalue weighted by Crippen LogP contribution is 2.62. The van der Waals surface area contributed by atoms with Gasteiger partial charge in [-0.3, -0.25) is 0 Å². The van der Waals surface area contributed by atoms with E-state index in [2.05, 4.69) is 184 Å². The van der Waals surface area contributed by atoms with Crippen LogP contribution in [-0.2, 0) is 10.8 Å². The quantitative estimate of drug-likeness (QED) is 0.174. The van der Waals surface area contributed by atoms with Crippen LogP contribution < -0.4 is 4.74 Å². The second-order valence-corrected chi connectivity index (χ2v) is 18.4. The van der Waals surface area contributed by atoms with Crippen molar-refractivity contribution in [2.75, 3.05) is 0 Å². The first-order valence-electron chi connectivity index (χ1n) is 22.1. The summed E-state index contributed by atoms with van der Waals surface area (Å²) >= 11 is 0. The van der Waals surface area contributed by atoms with Crippen LogP contribution in [0, 0.1) is 17.8 Å². The van der Waals surface area contributed by atoms with Gasteiger partial charge in [0.05, 0.1) is 5.41 Å². The Kier molecular flexibility index (Phi) is 8.29. The molecule has 4 nitrogen and oxygen atoms in total. The molecule has 12 rings (SSSR count). The first kappa shape index (κ1) is 36.2. The molecule has 4 aliphatic rings. The van der Waals surface area contributed by atoms with E-state index in [9.17, 15) is 0 Å². The Morgan fingerprint density at radius 1 is 0.426 bits per heavy atom. The number of hydrogen-bond acceptors (Lipinski definition) is 4. The molecule has 2 bridgehead atoms. The topological polar surface area (TPSA) is 47.9 Å². The Morgan fingerprint density at radius 3 is 1.67 bits per heavy atom. The van der Waals surface area contributed by atoms with Gasteiger partial charge in [0.2, 0.25) is 0 Å². The van der Waals surface area contributed by atoms with Gasteiger partial charge in [0.15, 0.2) is 11.6 Å². The van der Waals surface area contributed by atoms with Gasteiger partial charge in [0, 0.05) is 27.7 Å². The lowest BCUT2D eigenvalue weighted by molar-refractivity contribution is 0.0720. The Labute approximate surface area is 358 Å². The molecule has 0 amide bonds. The number of rotatable bonds is 5. The Hall–Kier alpha value is -6.65. The molecule has 2 heterocycles. The van der Waals surface area contributed by atoms with E-state index >= 15 is 0 Å². The summed E-state index contributed by atoms with van der Waals surface area (Å²) in [5, 5.41) is 0. The van der Waals surface area contributed by atoms with Gasteiger partial charge in [-0.25, -0.2) is 15.0 Å². The summed E-state index contributed by atoms with van der Waals surface area (Å²) in [6.07, 6.45) is 6.03. The fourth-order valence-corrected chi connectivity index (χ4v) is 12.2. The smallest absolute Gasteiger partial charge is 0.163 e. The maximum Gasteiger partial charge on any atom is 0.163 e.